The predicted molar refractivity (Wildman–Crippen MR) is 108 cm³/mol. The van der Waals surface area contributed by atoms with Gasteiger partial charge in [0.25, 0.3) is 0 Å². The number of hydrogen-bond donors (Lipinski definition) is 1. The Labute approximate surface area is 160 Å². The summed E-state index contributed by atoms with van der Waals surface area (Å²) in [4.78, 5) is 24.5. The number of amides is 2. The maximum Gasteiger partial charge on any atom is 0.243 e. The van der Waals surface area contributed by atoms with Crippen LogP contribution in [0.15, 0.2) is 59.7 Å². The zero-order valence-corrected chi connectivity index (χ0v) is 15.8. The van der Waals surface area contributed by atoms with Crippen LogP contribution in [0.1, 0.15) is 50.2 Å². The lowest BCUT2D eigenvalue weighted by Gasteiger charge is -2.11. The number of benzene rings is 2. The first-order valence-corrected chi connectivity index (χ1v) is 9.36. The molecule has 3 rings (SSSR count). The second-order valence-electron chi connectivity index (χ2n) is 7.00. The molecule has 0 bridgehead atoms. The lowest BCUT2D eigenvalue weighted by molar-refractivity contribution is -0.132. The van der Waals surface area contributed by atoms with Gasteiger partial charge in [0.15, 0.2) is 0 Å². The number of nitrogens with zero attached hydrogens (tertiary/aromatic N) is 2. The molecule has 1 aliphatic rings. The summed E-state index contributed by atoms with van der Waals surface area (Å²) in [6.07, 6.45) is 1.04. The van der Waals surface area contributed by atoms with Crippen molar-refractivity contribution in [3.8, 4) is 0 Å². The van der Waals surface area contributed by atoms with Crippen LogP contribution < -0.4 is 5.32 Å². The molecule has 0 spiro atoms. The standard InChI is InChI=1S/C22H25N3O2/c1-16(2)17-8-10-19(11-9-17)23-21(26)12-13-22(27)25-15-14-20(24-25)18-6-4-3-5-7-18/h3-11,16H,12-15H2,1-2H3,(H,23,26). The Kier molecular flexibility index (Phi) is 6.01. The van der Waals surface area contributed by atoms with Crippen molar-refractivity contribution in [3.05, 3.63) is 65.7 Å². The van der Waals surface area contributed by atoms with E-state index < -0.39 is 0 Å². The molecule has 0 saturated heterocycles. The van der Waals surface area contributed by atoms with E-state index in [2.05, 4.69) is 24.3 Å². The molecule has 140 valence electrons. The molecule has 2 aromatic carbocycles. The third-order valence-electron chi connectivity index (χ3n) is 4.62. The van der Waals surface area contributed by atoms with Crippen molar-refractivity contribution in [2.24, 2.45) is 5.10 Å². The maximum atomic E-state index is 12.3. The van der Waals surface area contributed by atoms with Crippen LogP contribution in [0.5, 0.6) is 0 Å². The van der Waals surface area contributed by atoms with Crippen LogP contribution in [0.4, 0.5) is 5.69 Å². The first-order valence-electron chi connectivity index (χ1n) is 9.36. The van der Waals surface area contributed by atoms with Crippen molar-refractivity contribution in [1.82, 2.24) is 5.01 Å². The molecule has 5 nitrogen and oxygen atoms in total. The zero-order chi connectivity index (χ0) is 19.2. The third kappa shape index (κ3) is 5.03. The normalized spacial score (nSPS) is 13.6. The lowest BCUT2D eigenvalue weighted by atomic mass is 10.0. The summed E-state index contributed by atoms with van der Waals surface area (Å²) in [5.74, 6) is 0.174. The van der Waals surface area contributed by atoms with E-state index in [9.17, 15) is 9.59 Å². The molecule has 0 radical (unpaired) electrons. The molecule has 0 unspecified atom stereocenters. The highest BCUT2D eigenvalue weighted by molar-refractivity contribution is 6.02. The van der Waals surface area contributed by atoms with Gasteiger partial charge in [0, 0.05) is 24.9 Å². The summed E-state index contributed by atoms with van der Waals surface area (Å²) < 4.78 is 0. The van der Waals surface area contributed by atoms with E-state index in [-0.39, 0.29) is 24.7 Å². The number of carbonyl (C=O) groups excluding carboxylic acids is 2. The van der Waals surface area contributed by atoms with Gasteiger partial charge in [0.1, 0.15) is 0 Å². The second-order valence-corrected chi connectivity index (χ2v) is 7.00. The SMILES string of the molecule is CC(C)c1ccc(NC(=O)CCC(=O)N2CCC(c3ccccc3)=N2)cc1. The first kappa shape index (κ1) is 18.8. The summed E-state index contributed by atoms with van der Waals surface area (Å²) in [5.41, 5.74) is 3.93. The average Bonchev–Trinajstić information content (AvgIpc) is 3.17. The third-order valence-corrected chi connectivity index (χ3v) is 4.62. The van der Waals surface area contributed by atoms with E-state index >= 15 is 0 Å². The first-order chi connectivity index (χ1) is 13.0. The Morgan fingerprint density at radius 1 is 1.04 bits per heavy atom. The van der Waals surface area contributed by atoms with Crippen molar-refractivity contribution in [2.45, 2.75) is 39.0 Å². The van der Waals surface area contributed by atoms with Gasteiger partial charge in [-0.2, -0.15) is 5.10 Å². The van der Waals surface area contributed by atoms with E-state index in [1.54, 1.807) is 0 Å². The van der Waals surface area contributed by atoms with Gasteiger partial charge in [-0.15, -0.1) is 0 Å². The number of anilines is 1. The molecule has 27 heavy (non-hydrogen) atoms. The Balaban J connectivity index is 1.49. The maximum absolute atomic E-state index is 12.3. The minimum atomic E-state index is -0.160. The smallest absolute Gasteiger partial charge is 0.243 e. The number of nitrogens with one attached hydrogen (secondary N) is 1. The van der Waals surface area contributed by atoms with Gasteiger partial charge >= 0.3 is 0 Å². The largest absolute Gasteiger partial charge is 0.326 e. The summed E-state index contributed by atoms with van der Waals surface area (Å²) >= 11 is 0. The van der Waals surface area contributed by atoms with Crippen molar-refractivity contribution in [3.63, 3.8) is 0 Å². The van der Waals surface area contributed by atoms with Gasteiger partial charge < -0.3 is 5.32 Å². The molecule has 0 saturated carbocycles. The predicted octanol–water partition coefficient (Wildman–Crippen LogP) is 4.17. The molecule has 1 N–H and O–H groups in total. The Morgan fingerprint density at radius 3 is 2.41 bits per heavy atom. The van der Waals surface area contributed by atoms with Gasteiger partial charge in [0.2, 0.25) is 11.8 Å². The summed E-state index contributed by atoms with van der Waals surface area (Å²) in [5, 5.41) is 8.74. The van der Waals surface area contributed by atoms with Crippen LogP contribution in [0, 0.1) is 0 Å². The van der Waals surface area contributed by atoms with Gasteiger partial charge in [0.05, 0.1) is 12.3 Å². The fourth-order valence-electron chi connectivity index (χ4n) is 2.99. The molecular formula is C22H25N3O2. The Hall–Kier alpha value is -2.95. The highest BCUT2D eigenvalue weighted by atomic mass is 16.2. The Morgan fingerprint density at radius 2 is 1.74 bits per heavy atom. The van der Waals surface area contributed by atoms with Crippen molar-refractivity contribution in [2.75, 3.05) is 11.9 Å². The molecule has 0 atom stereocenters. The second kappa shape index (κ2) is 8.62. The van der Waals surface area contributed by atoms with Gasteiger partial charge in [-0.1, -0.05) is 56.3 Å². The fourth-order valence-corrected chi connectivity index (χ4v) is 2.99. The van der Waals surface area contributed by atoms with Crippen LogP contribution in [-0.4, -0.2) is 29.1 Å². The van der Waals surface area contributed by atoms with Crippen LogP contribution >= 0.6 is 0 Å². The van der Waals surface area contributed by atoms with Gasteiger partial charge in [-0.3, -0.25) is 9.59 Å². The number of carbonyl (C=O) groups is 2. The van der Waals surface area contributed by atoms with E-state index in [1.807, 2.05) is 54.6 Å². The highest BCUT2D eigenvalue weighted by Gasteiger charge is 2.21. The summed E-state index contributed by atoms with van der Waals surface area (Å²) in [7, 11) is 0. The molecule has 2 amide bonds. The average molecular weight is 363 g/mol. The molecule has 0 aromatic heterocycles. The topological polar surface area (TPSA) is 61.8 Å². The monoisotopic (exact) mass is 363 g/mol. The number of rotatable bonds is 6. The minimum absolute atomic E-state index is 0.119. The molecule has 1 heterocycles. The molecule has 0 aliphatic carbocycles. The lowest BCUT2D eigenvalue weighted by Crippen LogP contribution is -2.24. The van der Waals surface area contributed by atoms with Crippen molar-refractivity contribution in [1.29, 1.82) is 0 Å². The molecular weight excluding hydrogens is 338 g/mol. The van der Waals surface area contributed by atoms with E-state index in [1.165, 1.54) is 10.6 Å². The molecule has 1 aliphatic heterocycles. The summed E-state index contributed by atoms with van der Waals surface area (Å²) in [6, 6.07) is 17.7. The highest BCUT2D eigenvalue weighted by Crippen LogP contribution is 2.18. The van der Waals surface area contributed by atoms with Crippen LogP contribution in [0.25, 0.3) is 0 Å². The molecule has 5 heteroatoms. The van der Waals surface area contributed by atoms with E-state index in [0.29, 0.717) is 12.5 Å². The van der Waals surface area contributed by atoms with E-state index in [4.69, 9.17) is 0 Å². The Bertz CT molecular complexity index is 826. The summed E-state index contributed by atoms with van der Waals surface area (Å²) in [6.45, 7) is 4.83. The van der Waals surface area contributed by atoms with E-state index in [0.717, 1.165) is 23.4 Å². The zero-order valence-electron chi connectivity index (χ0n) is 15.8. The van der Waals surface area contributed by atoms with Gasteiger partial charge in [-0.25, -0.2) is 5.01 Å². The van der Waals surface area contributed by atoms with Crippen molar-refractivity contribution < 1.29 is 9.59 Å². The van der Waals surface area contributed by atoms with Crippen LogP contribution in [0.3, 0.4) is 0 Å². The quantitative estimate of drug-likeness (QED) is 0.837. The molecule has 2 aromatic rings. The fraction of sp³-hybridized carbons (Fsp3) is 0.318. The van der Waals surface area contributed by atoms with Crippen LogP contribution in [-0.2, 0) is 9.59 Å². The number of hydrogen-bond acceptors (Lipinski definition) is 3. The van der Waals surface area contributed by atoms with Crippen LogP contribution in [0.2, 0.25) is 0 Å². The molecule has 0 fully saturated rings. The van der Waals surface area contributed by atoms with Crippen molar-refractivity contribution >= 4 is 23.2 Å². The number of hydrazone groups is 1. The van der Waals surface area contributed by atoms with Gasteiger partial charge in [-0.05, 0) is 29.2 Å². The minimum Gasteiger partial charge on any atom is -0.326 e.